The lowest BCUT2D eigenvalue weighted by Gasteiger charge is -2.27. The van der Waals surface area contributed by atoms with Gasteiger partial charge in [0.05, 0.1) is 0 Å². The SMILES string of the molecule is CC1(C)c2ccccc2-c2cc(N(c3ccccc3)c3ccc4c(c3)sc3ccc5c(oc6ccc7cc(-c8ccc(-c9ccc(N(c%10ccc(-c%11ccccc%11)cc%10)c%10ccc%11c(c%10)sc%10ccc%12c(oc%13ccc%14ccccc%14c%13%12)c%10%11)cc9)c9ccccc89)ccc7c65)c34)ccc21. The molecule has 20 aromatic rings. The third-order valence-electron chi connectivity index (χ3n) is 21.2. The third-order valence-corrected chi connectivity index (χ3v) is 23.5. The molecule has 0 saturated carbocycles. The van der Waals surface area contributed by atoms with Crippen LogP contribution in [0.1, 0.15) is 25.0 Å². The van der Waals surface area contributed by atoms with Gasteiger partial charge in [-0.15, -0.1) is 22.7 Å². The van der Waals surface area contributed by atoms with Crippen LogP contribution in [0.5, 0.6) is 0 Å². The fourth-order valence-electron chi connectivity index (χ4n) is 16.6. The summed E-state index contributed by atoms with van der Waals surface area (Å²) in [6, 6.07) is 116. The summed E-state index contributed by atoms with van der Waals surface area (Å²) in [5.74, 6) is 0. The maximum atomic E-state index is 7.00. The van der Waals surface area contributed by atoms with E-state index >= 15 is 0 Å². The Bertz CT molecular complexity index is 6750. The molecule has 0 amide bonds. The molecule has 0 aliphatic heterocycles. The number of anilines is 6. The molecule has 1 aliphatic rings. The van der Waals surface area contributed by atoms with Crippen LogP contribution in [0.3, 0.4) is 0 Å². The van der Waals surface area contributed by atoms with Crippen LogP contribution >= 0.6 is 22.7 Å². The van der Waals surface area contributed by atoms with Gasteiger partial charge < -0.3 is 18.6 Å². The van der Waals surface area contributed by atoms with Crippen molar-refractivity contribution in [2.75, 3.05) is 9.80 Å². The van der Waals surface area contributed by atoms with Crippen molar-refractivity contribution >= 4 is 173 Å². The van der Waals surface area contributed by atoms with Crippen molar-refractivity contribution in [3.05, 3.63) is 327 Å². The van der Waals surface area contributed by atoms with E-state index in [4.69, 9.17) is 8.83 Å². The molecule has 0 atom stereocenters. The molecule has 0 fully saturated rings. The van der Waals surface area contributed by atoms with Crippen LogP contribution in [0.2, 0.25) is 0 Å². The second-order valence-electron chi connectivity index (χ2n) is 27.0. The molecular formula is C93H58N2O2S2. The van der Waals surface area contributed by atoms with E-state index in [0.29, 0.717) is 0 Å². The predicted molar refractivity (Wildman–Crippen MR) is 423 cm³/mol. The van der Waals surface area contributed by atoms with Crippen LogP contribution in [0.25, 0.3) is 161 Å². The van der Waals surface area contributed by atoms with Crippen LogP contribution in [0.4, 0.5) is 34.1 Å². The fourth-order valence-corrected chi connectivity index (χ4v) is 18.8. The Hall–Kier alpha value is -12.1. The van der Waals surface area contributed by atoms with Crippen molar-refractivity contribution in [3.8, 4) is 44.5 Å². The summed E-state index contributed by atoms with van der Waals surface area (Å²) in [5.41, 5.74) is 22.7. The van der Waals surface area contributed by atoms with E-state index in [9.17, 15) is 0 Å². The number of nitrogens with zero attached hydrogens (tertiary/aromatic N) is 2. The monoisotopic (exact) mass is 1300 g/mol. The quantitative estimate of drug-likeness (QED) is 0.144. The summed E-state index contributed by atoms with van der Waals surface area (Å²) in [5, 5.41) is 16.5. The van der Waals surface area contributed by atoms with Gasteiger partial charge in [-0.2, -0.15) is 0 Å². The molecule has 0 saturated heterocycles. The maximum Gasteiger partial charge on any atom is 0.144 e. The summed E-state index contributed by atoms with van der Waals surface area (Å²) in [6.45, 7) is 4.69. The van der Waals surface area contributed by atoms with Crippen molar-refractivity contribution in [3.63, 3.8) is 0 Å². The molecule has 0 spiro atoms. The average Bonchev–Trinajstić information content (AvgIpc) is 1.60. The highest BCUT2D eigenvalue weighted by Gasteiger charge is 2.36. The van der Waals surface area contributed by atoms with Crippen LogP contribution in [-0.2, 0) is 5.41 Å². The smallest absolute Gasteiger partial charge is 0.144 e. The summed E-state index contributed by atoms with van der Waals surface area (Å²) < 4.78 is 18.6. The third kappa shape index (κ3) is 8.56. The zero-order valence-electron chi connectivity index (χ0n) is 54.0. The highest BCUT2D eigenvalue weighted by molar-refractivity contribution is 7.26. The molecule has 21 rings (SSSR count). The van der Waals surface area contributed by atoms with Gasteiger partial charge in [-0.25, -0.2) is 0 Å². The first-order chi connectivity index (χ1) is 48.8. The summed E-state index contributed by atoms with van der Waals surface area (Å²) in [4.78, 5) is 4.79. The van der Waals surface area contributed by atoms with E-state index in [0.717, 1.165) is 78.2 Å². The number of fused-ring (bicyclic) bond motifs is 22. The minimum atomic E-state index is -0.0638. The number of hydrogen-bond acceptors (Lipinski definition) is 6. The van der Waals surface area contributed by atoms with Gasteiger partial charge in [-0.1, -0.05) is 214 Å². The Balaban J connectivity index is 0.620. The highest BCUT2D eigenvalue weighted by Crippen LogP contribution is 2.53. The van der Waals surface area contributed by atoms with Gasteiger partial charge in [0.1, 0.15) is 22.3 Å². The summed E-state index contributed by atoms with van der Waals surface area (Å²) in [7, 11) is 0. The summed E-state index contributed by atoms with van der Waals surface area (Å²) >= 11 is 3.66. The van der Waals surface area contributed by atoms with Crippen LogP contribution < -0.4 is 9.80 Å². The van der Waals surface area contributed by atoms with E-state index in [1.165, 1.54) is 128 Å². The lowest BCUT2D eigenvalue weighted by atomic mass is 9.82. The maximum absolute atomic E-state index is 7.00. The van der Waals surface area contributed by atoms with Gasteiger partial charge in [0.15, 0.2) is 0 Å². The molecule has 0 bridgehead atoms. The Kier molecular flexibility index (Phi) is 12.2. The van der Waals surface area contributed by atoms with Crippen LogP contribution in [0.15, 0.2) is 324 Å². The number of benzene rings is 16. The zero-order valence-corrected chi connectivity index (χ0v) is 55.7. The first kappa shape index (κ1) is 56.1. The molecule has 4 aromatic heterocycles. The van der Waals surface area contributed by atoms with E-state index in [-0.39, 0.29) is 5.41 Å². The van der Waals surface area contributed by atoms with E-state index in [1.54, 1.807) is 0 Å². The Morgan fingerprint density at radius 3 is 1.34 bits per heavy atom. The highest BCUT2D eigenvalue weighted by atomic mass is 32.1. The summed E-state index contributed by atoms with van der Waals surface area (Å²) in [6.07, 6.45) is 0. The van der Waals surface area contributed by atoms with Gasteiger partial charge in [-0.05, 0) is 203 Å². The number of thiophene rings is 2. The Labute approximate surface area is 578 Å². The molecule has 0 N–H and O–H groups in total. The molecule has 4 nitrogen and oxygen atoms in total. The number of para-hydroxylation sites is 1. The Morgan fingerprint density at radius 2 is 0.697 bits per heavy atom. The van der Waals surface area contributed by atoms with Gasteiger partial charge in [-0.3, -0.25) is 0 Å². The van der Waals surface area contributed by atoms with E-state index in [1.807, 2.05) is 22.7 Å². The van der Waals surface area contributed by atoms with Crippen molar-refractivity contribution in [2.24, 2.45) is 0 Å². The van der Waals surface area contributed by atoms with Crippen LogP contribution in [0, 0.1) is 0 Å². The molecule has 1 aliphatic carbocycles. The van der Waals surface area contributed by atoms with Crippen molar-refractivity contribution in [1.82, 2.24) is 0 Å². The van der Waals surface area contributed by atoms with Crippen LogP contribution in [-0.4, -0.2) is 0 Å². The minimum Gasteiger partial charge on any atom is -0.455 e. The predicted octanol–water partition coefficient (Wildman–Crippen LogP) is 27.9. The number of furan rings is 2. The molecule has 4 heterocycles. The van der Waals surface area contributed by atoms with Crippen molar-refractivity contribution < 1.29 is 8.83 Å². The van der Waals surface area contributed by atoms with E-state index < -0.39 is 0 Å². The first-order valence-electron chi connectivity index (χ1n) is 33.9. The first-order valence-corrected chi connectivity index (χ1v) is 35.6. The van der Waals surface area contributed by atoms with Crippen molar-refractivity contribution in [1.29, 1.82) is 0 Å². The second kappa shape index (κ2) is 21.5. The largest absolute Gasteiger partial charge is 0.455 e. The van der Waals surface area contributed by atoms with Gasteiger partial charge in [0.25, 0.3) is 0 Å². The zero-order chi connectivity index (χ0) is 65.2. The topological polar surface area (TPSA) is 32.8 Å². The normalized spacial score (nSPS) is 12.8. The average molecular weight is 1300 g/mol. The van der Waals surface area contributed by atoms with Gasteiger partial charge in [0, 0.05) is 101 Å². The molecule has 99 heavy (non-hydrogen) atoms. The lowest BCUT2D eigenvalue weighted by Crippen LogP contribution is -2.15. The molecule has 6 heteroatoms. The molecule has 16 aromatic carbocycles. The standard InChI is InChI=1S/C93H58N2O2S2/c1-93(2)79-24-14-13-23-73(79)78-52-64(38-46-80(78)93)95(61-18-7-4-8-19-61)66-37-41-75-86(54-66)99-84-50-45-77-88-70-39-29-59(51-60(70)31-48-82(88)97-92(77)90(75)84)68-43-42-67(71-21-11-12-22-72(68)71)58-27-34-63(35-28-58)94(62-32-25-56(26-33-62)55-15-5-3-6-16-55)65-36-40-74-85(53-65)98-83-49-44-76-87-69-20-10-9-17-57(69)30-47-81(87)96-91(76)89(74)83/h3-54H,1-2H3. The second-order valence-corrected chi connectivity index (χ2v) is 29.2. The number of rotatable bonds is 9. The Morgan fingerprint density at radius 1 is 0.253 bits per heavy atom. The molecular weight excluding hydrogens is 1240 g/mol. The molecule has 0 radical (unpaired) electrons. The number of hydrogen-bond donors (Lipinski definition) is 0. The minimum absolute atomic E-state index is 0.0638. The van der Waals surface area contributed by atoms with Crippen molar-refractivity contribution in [2.45, 2.75) is 19.3 Å². The lowest BCUT2D eigenvalue weighted by molar-refractivity contribution is 0.660. The molecule has 0 unspecified atom stereocenters. The fraction of sp³-hybridized carbons (Fsp3) is 0.0323. The van der Waals surface area contributed by atoms with Gasteiger partial charge in [0.2, 0.25) is 0 Å². The van der Waals surface area contributed by atoms with Gasteiger partial charge >= 0.3 is 0 Å². The van der Waals surface area contributed by atoms with E-state index in [2.05, 4.69) is 339 Å². The molecule has 464 valence electrons.